The Labute approximate surface area is 106 Å². The van der Waals surface area contributed by atoms with Gasteiger partial charge in [-0.25, -0.2) is 4.79 Å². The Morgan fingerprint density at radius 1 is 1.21 bits per heavy atom. The first-order valence-corrected chi connectivity index (χ1v) is 5.47. The number of amides is 1. The van der Waals surface area contributed by atoms with Crippen LogP contribution in [0.2, 0.25) is 0 Å². The minimum absolute atomic E-state index is 0.0675. The number of carbonyl (C=O) groups is 2. The highest BCUT2D eigenvalue weighted by Gasteiger charge is 2.25. The van der Waals surface area contributed by atoms with Crippen LogP contribution in [0.1, 0.15) is 40.4 Å². The minimum atomic E-state index is -4.19. The third-order valence-corrected chi connectivity index (χ3v) is 2.21. The van der Waals surface area contributed by atoms with Gasteiger partial charge in [-0.1, -0.05) is 0 Å². The van der Waals surface area contributed by atoms with E-state index in [4.69, 9.17) is 9.52 Å². The summed E-state index contributed by atoms with van der Waals surface area (Å²) < 4.78 is 40.2. The summed E-state index contributed by atoms with van der Waals surface area (Å²) >= 11 is 0. The molecule has 0 aromatic carbocycles. The SMILES string of the molecule is O=C(O)c1ccc(C(=O)NCCCCC(F)(F)F)o1. The Morgan fingerprint density at radius 2 is 1.84 bits per heavy atom. The third-order valence-electron chi connectivity index (χ3n) is 2.21. The lowest BCUT2D eigenvalue weighted by Crippen LogP contribution is -2.24. The van der Waals surface area contributed by atoms with Gasteiger partial charge in [0.25, 0.3) is 5.91 Å². The summed E-state index contributed by atoms with van der Waals surface area (Å²) in [5.74, 6) is -2.51. The number of aromatic carboxylic acids is 1. The van der Waals surface area contributed by atoms with Crippen molar-refractivity contribution < 1.29 is 32.3 Å². The normalized spacial score (nSPS) is 11.3. The van der Waals surface area contributed by atoms with Gasteiger partial charge in [0.05, 0.1) is 0 Å². The van der Waals surface area contributed by atoms with E-state index >= 15 is 0 Å². The molecule has 1 heterocycles. The van der Waals surface area contributed by atoms with Crippen LogP contribution in [0.5, 0.6) is 0 Å². The maximum atomic E-state index is 11.8. The smallest absolute Gasteiger partial charge is 0.389 e. The van der Waals surface area contributed by atoms with E-state index < -0.39 is 24.5 Å². The van der Waals surface area contributed by atoms with E-state index in [9.17, 15) is 22.8 Å². The zero-order valence-corrected chi connectivity index (χ0v) is 9.79. The van der Waals surface area contributed by atoms with Gasteiger partial charge in [-0.15, -0.1) is 0 Å². The van der Waals surface area contributed by atoms with Crippen molar-refractivity contribution in [2.75, 3.05) is 6.54 Å². The first-order chi connectivity index (χ1) is 8.79. The highest BCUT2D eigenvalue weighted by molar-refractivity contribution is 5.93. The molecule has 0 spiro atoms. The molecule has 1 aromatic rings. The van der Waals surface area contributed by atoms with Gasteiger partial charge < -0.3 is 14.8 Å². The number of rotatable bonds is 6. The predicted octanol–water partition coefficient (Wildman–Crippen LogP) is 2.44. The van der Waals surface area contributed by atoms with Gasteiger partial charge in [-0.3, -0.25) is 4.79 Å². The van der Waals surface area contributed by atoms with Crippen molar-refractivity contribution in [3.05, 3.63) is 23.7 Å². The second-order valence-electron chi connectivity index (χ2n) is 3.80. The van der Waals surface area contributed by atoms with Crippen molar-refractivity contribution in [3.8, 4) is 0 Å². The Balaban J connectivity index is 2.29. The zero-order valence-electron chi connectivity index (χ0n) is 9.79. The van der Waals surface area contributed by atoms with Crippen LogP contribution in [0.4, 0.5) is 13.2 Å². The number of unbranched alkanes of at least 4 members (excludes halogenated alkanes) is 1. The Kier molecular flexibility index (Phi) is 4.96. The second kappa shape index (κ2) is 6.26. The molecule has 0 aliphatic heterocycles. The highest BCUT2D eigenvalue weighted by Crippen LogP contribution is 2.21. The van der Waals surface area contributed by atoms with Crippen molar-refractivity contribution in [3.63, 3.8) is 0 Å². The number of carbonyl (C=O) groups excluding carboxylic acids is 1. The maximum absolute atomic E-state index is 11.8. The molecule has 1 amide bonds. The van der Waals surface area contributed by atoms with Crippen LogP contribution in [0.15, 0.2) is 16.5 Å². The number of halogens is 3. The maximum Gasteiger partial charge on any atom is 0.389 e. The molecule has 0 saturated heterocycles. The average Bonchev–Trinajstić information content (AvgIpc) is 2.76. The van der Waals surface area contributed by atoms with Gasteiger partial charge >= 0.3 is 12.1 Å². The van der Waals surface area contributed by atoms with Crippen LogP contribution in [-0.2, 0) is 0 Å². The summed E-state index contributed by atoms with van der Waals surface area (Å²) in [6.07, 6.45) is -4.99. The summed E-state index contributed by atoms with van der Waals surface area (Å²) in [6, 6.07) is 2.31. The molecular weight excluding hydrogens is 267 g/mol. The lowest BCUT2D eigenvalue weighted by Gasteiger charge is -2.06. The number of carboxylic acids is 1. The number of hydrogen-bond acceptors (Lipinski definition) is 3. The minimum Gasteiger partial charge on any atom is -0.475 e. The molecule has 2 N–H and O–H groups in total. The monoisotopic (exact) mass is 279 g/mol. The van der Waals surface area contributed by atoms with Crippen LogP contribution in [0.3, 0.4) is 0 Å². The standard InChI is InChI=1S/C11H12F3NO4/c12-11(13,14)5-1-2-6-15-9(16)7-3-4-8(19-7)10(17)18/h3-4H,1-2,5-6H2,(H,15,16)(H,17,18). The first kappa shape index (κ1) is 15.1. The van der Waals surface area contributed by atoms with Gasteiger partial charge in [0.2, 0.25) is 5.76 Å². The fourth-order valence-corrected chi connectivity index (χ4v) is 1.31. The summed E-state index contributed by atoms with van der Waals surface area (Å²) in [7, 11) is 0. The molecule has 0 unspecified atom stereocenters. The van der Waals surface area contributed by atoms with Crippen molar-refractivity contribution in [1.82, 2.24) is 5.32 Å². The number of nitrogens with one attached hydrogen (secondary N) is 1. The molecule has 1 rings (SSSR count). The summed E-state index contributed by atoms with van der Waals surface area (Å²) in [6.45, 7) is 0.0675. The predicted molar refractivity (Wildman–Crippen MR) is 57.9 cm³/mol. The topological polar surface area (TPSA) is 79.5 Å². The van der Waals surface area contributed by atoms with Crippen molar-refractivity contribution >= 4 is 11.9 Å². The molecule has 0 aliphatic carbocycles. The molecule has 0 fully saturated rings. The third kappa shape index (κ3) is 5.45. The van der Waals surface area contributed by atoms with Gasteiger partial charge in [0.15, 0.2) is 5.76 Å². The highest BCUT2D eigenvalue weighted by atomic mass is 19.4. The van der Waals surface area contributed by atoms with E-state index in [0.29, 0.717) is 0 Å². The summed E-state index contributed by atoms with van der Waals surface area (Å²) in [5.41, 5.74) is 0. The Bertz CT molecular complexity index is 453. The molecule has 5 nitrogen and oxygen atoms in total. The fourth-order valence-electron chi connectivity index (χ4n) is 1.31. The number of hydrogen-bond donors (Lipinski definition) is 2. The van der Waals surface area contributed by atoms with E-state index in [1.54, 1.807) is 0 Å². The van der Waals surface area contributed by atoms with Crippen LogP contribution in [0, 0.1) is 0 Å². The second-order valence-corrected chi connectivity index (χ2v) is 3.80. The lowest BCUT2D eigenvalue weighted by atomic mass is 10.2. The van der Waals surface area contributed by atoms with E-state index in [0.717, 1.165) is 6.07 Å². The van der Waals surface area contributed by atoms with Crippen molar-refractivity contribution in [2.45, 2.75) is 25.4 Å². The molecule has 106 valence electrons. The van der Waals surface area contributed by atoms with Crippen molar-refractivity contribution in [1.29, 1.82) is 0 Å². The van der Waals surface area contributed by atoms with Crippen LogP contribution < -0.4 is 5.32 Å². The largest absolute Gasteiger partial charge is 0.475 e. The quantitative estimate of drug-likeness (QED) is 0.784. The molecule has 0 radical (unpaired) electrons. The number of alkyl halides is 3. The van der Waals surface area contributed by atoms with Gasteiger partial charge in [0, 0.05) is 13.0 Å². The molecule has 0 aliphatic rings. The Morgan fingerprint density at radius 3 is 2.37 bits per heavy atom. The van der Waals surface area contributed by atoms with Crippen LogP contribution >= 0.6 is 0 Å². The molecule has 8 heteroatoms. The van der Waals surface area contributed by atoms with Gasteiger partial charge in [-0.2, -0.15) is 13.2 Å². The Hall–Kier alpha value is -1.99. The van der Waals surface area contributed by atoms with E-state index in [1.807, 2.05) is 0 Å². The first-order valence-electron chi connectivity index (χ1n) is 5.47. The molecule has 0 saturated carbocycles. The van der Waals surface area contributed by atoms with E-state index in [2.05, 4.69) is 5.32 Å². The summed E-state index contributed by atoms with van der Waals surface area (Å²) in [5, 5.41) is 10.9. The molecule has 1 aromatic heterocycles. The molecule has 0 atom stereocenters. The average molecular weight is 279 g/mol. The van der Waals surface area contributed by atoms with Gasteiger partial charge in [0.1, 0.15) is 0 Å². The number of carboxylic acid groups (broad SMARTS) is 1. The van der Waals surface area contributed by atoms with Crippen LogP contribution in [-0.4, -0.2) is 29.7 Å². The van der Waals surface area contributed by atoms with Gasteiger partial charge in [-0.05, 0) is 25.0 Å². The fraction of sp³-hybridized carbons (Fsp3) is 0.455. The lowest BCUT2D eigenvalue weighted by molar-refractivity contribution is -0.135. The zero-order chi connectivity index (χ0) is 14.5. The number of furan rings is 1. The molecule has 19 heavy (non-hydrogen) atoms. The van der Waals surface area contributed by atoms with Crippen molar-refractivity contribution in [2.24, 2.45) is 0 Å². The molecular formula is C11H12F3NO4. The summed E-state index contributed by atoms with van der Waals surface area (Å²) in [4.78, 5) is 21.9. The van der Waals surface area contributed by atoms with Crippen LogP contribution in [0.25, 0.3) is 0 Å². The van der Waals surface area contributed by atoms with E-state index in [1.165, 1.54) is 6.07 Å². The molecule has 0 bridgehead atoms. The van der Waals surface area contributed by atoms with E-state index in [-0.39, 0.29) is 30.9 Å².